The molecule has 0 radical (unpaired) electrons. The summed E-state index contributed by atoms with van der Waals surface area (Å²) in [6, 6.07) is 8.48. The Labute approximate surface area is 104 Å². The van der Waals surface area contributed by atoms with Crippen molar-refractivity contribution in [2.24, 2.45) is 0 Å². The van der Waals surface area contributed by atoms with Gasteiger partial charge in [-0.1, -0.05) is 26.0 Å². The molecule has 0 bridgehead atoms. The van der Waals surface area contributed by atoms with Crippen molar-refractivity contribution in [1.82, 2.24) is 5.32 Å². The van der Waals surface area contributed by atoms with E-state index in [1.807, 2.05) is 12.1 Å². The average molecular weight is 237 g/mol. The SMILES string of the molecule is CCCOc1ccc(C(COC)NCC)cc1. The van der Waals surface area contributed by atoms with Crippen LogP contribution in [0.4, 0.5) is 0 Å². The number of ether oxygens (including phenoxy) is 2. The first-order valence-corrected chi connectivity index (χ1v) is 6.26. The van der Waals surface area contributed by atoms with Crippen molar-refractivity contribution in [2.45, 2.75) is 26.3 Å². The predicted octanol–water partition coefficient (Wildman–Crippen LogP) is 2.77. The smallest absolute Gasteiger partial charge is 0.119 e. The highest BCUT2D eigenvalue weighted by Gasteiger charge is 2.09. The zero-order valence-electron chi connectivity index (χ0n) is 11.0. The molecule has 1 unspecified atom stereocenters. The molecule has 0 aromatic heterocycles. The van der Waals surface area contributed by atoms with E-state index in [1.165, 1.54) is 5.56 Å². The lowest BCUT2D eigenvalue weighted by Gasteiger charge is -2.17. The highest BCUT2D eigenvalue weighted by molar-refractivity contribution is 5.29. The molecular formula is C14H23NO2. The van der Waals surface area contributed by atoms with E-state index in [2.05, 4.69) is 31.3 Å². The predicted molar refractivity (Wildman–Crippen MR) is 70.5 cm³/mol. The Morgan fingerprint density at radius 2 is 1.88 bits per heavy atom. The van der Waals surface area contributed by atoms with Crippen LogP contribution in [0.3, 0.4) is 0 Å². The molecule has 0 spiro atoms. The quantitative estimate of drug-likeness (QED) is 0.754. The van der Waals surface area contributed by atoms with Gasteiger partial charge in [0, 0.05) is 7.11 Å². The van der Waals surface area contributed by atoms with Crippen LogP contribution in [0.25, 0.3) is 0 Å². The van der Waals surface area contributed by atoms with Gasteiger partial charge in [0.25, 0.3) is 0 Å². The van der Waals surface area contributed by atoms with Gasteiger partial charge in [0.15, 0.2) is 0 Å². The molecule has 1 aromatic carbocycles. The van der Waals surface area contributed by atoms with Crippen molar-refractivity contribution in [3.8, 4) is 5.75 Å². The zero-order chi connectivity index (χ0) is 12.5. The summed E-state index contributed by atoms with van der Waals surface area (Å²) in [5, 5.41) is 3.40. The summed E-state index contributed by atoms with van der Waals surface area (Å²) in [5.74, 6) is 0.934. The number of methoxy groups -OCH3 is 1. The first-order valence-electron chi connectivity index (χ1n) is 6.26. The van der Waals surface area contributed by atoms with Gasteiger partial charge in [-0.05, 0) is 30.7 Å². The van der Waals surface area contributed by atoms with Gasteiger partial charge in [0.1, 0.15) is 5.75 Å². The summed E-state index contributed by atoms with van der Waals surface area (Å²) in [7, 11) is 1.73. The minimum absolute atomic E-state index is 0.255. The second kappa shape index (κ2) is 8.09. The van der Waals surface area contributed by atoms with E-state index in [-0.39, 0.29) is 6.04 Å². The van der Waals surface area contributed by atoms with Gasteiger partial charge in [0.2, 0.25) is 0 Å². The lowest BCUT2D eigenvalue weighted by Crippen LogP contribution is -2.24. The fraction of sp³-hybridized carbons (Fsp3) is 0.571. The molecule has 1 N–H and O–H groups in total. The van der Waals surface area contributed by atoms with Crippen molar-refractivity contribution in [3.63, 3.8) is 0 Å². The first kappa shape index (κ1) is 14.0. The van der Waals surface area contributed by atoms with Crippen LogP contribution in [0.15, 0.2) is 24.3 Å². The molecular weight excluding hydrogens is 214 g/mol. The van der Waals surface area contributed by atoms with Crippen molar-refractivity contribution in [2.75, 3.05) is 26.9 Å². The van der Waals surface area contributed by atoms with Crippen LogP contribution in [0.1, 0.15) is 31.9 Å². The van der Waals surface area contributed by atoms with Gasteiger partial charge in [-0.2, -0.15) is 0 Å². The Morgan fingerprint density at radius 1 is 1.18 bits per heavy atom. The Morgan fingerprint density at radius 3 is 2.41 bits per heavy atom. The third-order valence-electron chi connectivity index (χ3n) is 2.54. The summed E-state index contributed by atoms with van der Waals surface area (Å²) in [6.07, 6.45) is 1.03. The molecule has 0 aliphatic heterocycles. The van der Waals surface area contributed by atoms with E-state index in [0.717, 1.165) is 25.3 Å². The standard InChI is InChI=1S/C14H23NO2/c1-4-10-17-13-8-6-12(7-9-13)14(11-16-3)15-5-2/h6-9,14-15H,4-5,10-11H2,1-3H3. The number of hydrogen-bond acceptors (Lipinski definition) is 3. The lowest BCUT2D eigenvalue weighted by atomic mass is 10.1. The van der Waals surface area contributed by atoms with Gasteiger partial charge >= 0.3 is 0 Å². The molecule has 0 saturated carbocycles. The number of nitrogens with one attached hydrogen (secondary N) is 1. The fourth-order valence-electron chi connectivity index (χ4n) is 1.70. The minimum atomic E-state index is 0.255. The highest BCUT2D eigenvalue weighted by atomic mass is 16.5. The van der Waals surface area contributed by atoms with Crippen LogP contribution in [0.2, 0.25) is 0 Å². The van der Waals surface area contributed by atoms with Gasteiger partial charge in [-0.3, -0.25) is 0 Å². The van der Waals surface area contributed by atoms with Crippen molar-refractivity contribution < 1.29 is 9.47 Å². The van der Waals surface area contributed by atoms with Crippen molar-refractivity contribution in [3.05, 3.63) is 29.8 Å². The van der Waals surface area contributed by atoms with Crippen LogP contribution in [-0.2, 0) is 4.74 Å². The second-order valence-corrected chi connectivity index (χ2v) is 3.98. The van der Waals surface area contributed by atoms with Crippen LogP contribution < -0.4 is 10.1 Å². The molecule has 0 aliphatic rings. The number of rotatable bonds is 8. The Kier molecular flexibility index (Phi) is 6.67. The van der Waals surface area contributed by atoms with E-state index in [0.29, 0.717) is 6.61 Å². The van der Waals surface area contributed by atoms with E-state index in [1.54, 1.807) is 7.11 Å². The molecule has 0 heterocycles. The van der Waals surface area contributed by atoms with Crippen LogP contribution >= 0.6 is 0 Å². The van der Waals surface area contributed by atoms with E-state index >= 15 is 0 Å². The normalized spacial score (nSPS) is 12.4. The molecule has 1 aromatic rings. The summed E-state index contributed by atoms with van der Waals surface area (Å²) >= 11 is 0. The largest absolute Gasteiger partial charge is 0.494 e. The van der Waals surface area contributed by atoms with Crippen LogP contribution in [0.5, 0.6) is 5.75 Å². The van der Waals surface area contributed by atoms with E-state index in [4.69, 9.17) is 9.47 Å². The zero-order valence-corrected chi connectivity index (χ0v) is 11.0. The summed E-state index contributed by atoms with van der Waals surface area (Å²) in [4.78, 5) is 0. The maximum atomic E-state index is 5.56. The summed E-state index contributed by atoms with van der Waals surface area (Å²) in [6.45, 7) is 6.59. The maximum absolute atomic E-state index is 5.56. The Bertz CT molecular complexity index is 292. The molecule has 3 nitrogen and oxygen atoms in total. The number of benzene rings is 1. The molecule has 1 rings (SSSR count). The molecule has 1 atom stereocenters. The van der Waals surface area contributed by atoms with E-state index < -0.39 is 0 Å². The highest BCUT2D eigenvalue weighted by Crippen LogP contribution is 2.18. The Balaban J connectivity index is 2.63. The maximum Gasteiger partial charge on any atom is 0.119 e. The number of likely N-dealkylation sites (N-methyl/N-ethyl adjacent to an activating group) is 1. The van der Waals surface area contributed by atoms with Gasteiger partial charge in [-0.15, -0.1) is 0 Å². The van der Waals surface area contributed by atoms with Crippen LogP contribution in [-0.4, -0.2) is 26.9 Å². The van der Waals surface area contributed by atoms with Gasteiger partial charge < -0.3 is 14.8 Å². The van der Waals surface area contributed by atoms with E-state index in [9.17, 15) is 0 Å². The average Bonchev–Trinajstić information content (AvgIpc) is 2.37. The molecule has 0 aliphatic carbocycles. The van der Waals surface area contributed by atoms with Crippen LogP contribution in [0, 0.1) is 0 Å². The van der Waals surface area contributed by atoms with Gasteiger partial charge in [-0.25, -0.2) is 0 Å². The topological polar surface area (TPSA) is 30.5 Å². The van der Waals surface area contributed by atoms with Crippen molar-refractivity contribution in [1.29, 1.82) is 0 Å². The number of hydrogen-bond donors (Lipinski definition) is 1. The second-order valence-electron chi connectivity index (χ2n) is 3.98. The molecule has 3 heteroatoms. The van der Waals surface area contributed by atoms with Crippen molar-refractivity contribution >= 4 is 0 Å². The minimum Gasteiger partial charge on any atom is -0.494 e. The fourth-order valence-corrected chi connectivity index (χ4v) is 1.70. The first-order chi connectivity index (χ1) is 8.31. The molecule has 17 heavy (non-hydrogen) atoms. The monoisotopic (exact) mass is 237 g/mol. The molecule has 0 saturated heterocycles. The third-order valence-corrected chi connectivity index (χ3v) is 2.54. The molecule has 0 fully saturated rings. The molecule has 0 amide bonds. The molecule has 96 valence electrons. The summed E-state index contributed by atoms with van der Waals surface area (Å²) in [5.41, 5.74) is 1.23. The Hall–Kier alpha value is -1.06. The van der Waals surface area contributed by atoms with Gasteiger partial charge in [0.05, 0.1) is 19.3 Å². The third kappa shape index (κ3) is 4.75. The summed E-state index contributed by atoms with van der Waals surface area (Å²) < 4.78 is 10.8. The lowest BCUT2D eigenvalue weighted by molar-refractivity contribution is 0.168.